The lowest BCUT2D eigenvalue weighted by Crippen LogP contribution is -2.56. The number of aliphatic hydroxyl groups is 2. The van der Waals surface area contributed by atoms with Crippen molar-refractivity contribution in [2.45, 2.75) is 111 Å². The van der Waals surface area contributed by atoms with E-state index >= 15 is 0 Å². The van der Waals surface area contributed by atoms with Crippen LogP contribution in [-0.2, 0) is 38.2 Å². The minimum atomic E-state index is -1.86. The zero-order valence-electron chi connectivity index (χ0n) is 30.0. The third-order valence-electron chi connectivity index (χ3n) is 8.30. The molecule has 0 bridgehead atoms. The molecule has 18 heteroatoms. The van der Waals surface area contributed by atoms with Gasteiger partial charge < -0.3 is 34.6 Å². The monoisotopic (exact) mass is 700 g/mol. The van der Waals surface area contributed by atoms with Crippen LogP contribution in [0, 0.1) is 21.6 Å². The van der Waals surface area contributed by atoms with Gasteiger partial charge in [0.1, 0.15) is 29.0 Å². The van der Waals surface area contributed by atoms with E-state index in [9.17, 15) is 44.3 Å². The molecule has 1 heterocycles. The standard InChI is InChI=1S/C31H52N6O12/c1-15(2)26(25(42)23-24(41)17(4)36(11)29(23)43)49-30(44)31(7,8)27(48-19(6)38)21(13-20(39)14-37(46)34-45)33-22(40)12-16(3)47-28(32)18(5)35(9)10/h15-18,20-21,26-27,32,39,41,46H,12-14H2,1-11H3,(H,33,40)/t16-,17+,18+,20-,21+,26+,27+/m1/s1. The molecule has 0 saturated heterocycles. The number of rotatable bonds is 19. The van der Waals surface area contributed by atoms with Crippen LogP contribution in [0.1, 0.15) is 68.2 Å². The first-order chi connectivity index (χ1) is 22.5. The number of carbonyl (C=O) groups excluding carboxylic acids is 5. The highest BCUT2D eigenvalue weighted by Crippen LogP contribution is 2.33. The zero-order valence-corrected chi connectivity index (χ0v) is 30.0. The number of aliphatic hydroxyl groups excluding tert-OH is 2. The molecule has 49 heavy (non-hydrogen) atoms. The first-order valence-electron chi connectivity index (χ1n) is 15.8. The lowest BCUT2D eigenvalue weighted by Gasteiger charge is -2.39. The maximum atomic E-state index is 13.9. The highest BCUT2D eigenvalue weighted by molar-refractivity contribution is 6.23. The second kappa shape index (κ2) is 18.0. The van der Waals surface area contributed by atoms with Crippen LogP contribution in [0.25, 0.3) is 0 Å². The van der Waals surface area contributed by atoms with Gasteiger partial charge in [-0.1, -0.05) is 13.8 Å². The minimum Gasteiger partial charge on any atom is -0.509 e. The summed E-state index contributed by atoms with van der Waals surface area (Å²) in [6, 6.07) is -2.54. The Kier molecular flexibility index (Phi) is 15.8. The molecule has 0 aromatic rings. The van der Waals surface area contributed by atoms with Crippen molar-refractivity contribution in [2.24, 2.45) is 16.6 Å². The van der Waals surface area contributed by atoms with E-state index in [-0.39, 0.29) is 23.5 Å². The molecule has 278 valence electrons. The van der Waals surface area contributed by atoms with Gasteiger partial charge in [0.05, 0.1) is 42.5 Å². The van der Waals surface area contributed by atoms with Crippen LogP contribution < -0.4 is 5.32 Å². The van der Waals surface area contributed by atoms with E-state index in [4.69, 9.17) is 19.6 Å². The van der Waals surface area contributed by atoms with Gasteiger partial charge in [0.15, 0.2) is 12.0 Å². The van der Waals surface area contributed by atoms with Gasteiger partial charge in [0.2, 0.25) is 11.7 Å². The molecule has 0 aliphatic carbocycles. The first-order valence-corrected chi connectivity index (χ1v) is 15.8. The molecule has 1 aliphatic heterocycles. The van der Waals surface area contributed by atoms with Crippen LogP contribution in [0.3, 0.4) is 0 Å². The highest BCUT2D eigenvalue weighted by atomic mass is 16.6. The number of nitrogens with one attached hydrogen (secondary N) is 2. The third-order valence-corrected chi connectivity index (χ3v) is 8.30. The lowest BCUT2D eigenvalue weighted by molar-refractivity contribution is -0.180. The Morgan fingerprint density at radius 3 is 2.12 bits per heavy atom. The van der Waals surface area contributed by atoms with Gasteiger partial charge in [-0.05, 0) is 61.1 Å². The number of Topliss-reactive ketones (excluding diaryl/α,β-unsaturated/α-hetero) is 1. The fourth-order valence-corrected chi connectivity index (χ4v) is 4.98. The Morgan fingerprint density at radius 2 is 1.67 bits per heavy atom. The normalized spacial score (nSPS) is 18.7. The van der Waals surface area contributed by atoms with Crippen LogP contribution in [-0.4, -0.2) is 136 Å². The number of hydrogen-bond acceptors (Lipinski definition) is 15. The summed E-state index contributed by atoms with van der Waals surface area (Å²) in [5.74, 6) is -5.61. The quantitative estimate of drug-likeness (QED) is 0.0316. The molecule has 18 nitrogen and oxygen atoms in total. The number of amides is 2. The van der Waals surface area contributed by atoms with E-state index in [0.29, 0.717) is 0 Å². The Morgan fingerprint density at radius 1 is 1.10 bits per heavy atom. The first kappa shape index (κ1) is 42.9. The van der Waals surface area contributed by atoms with Crippen molar-refractivity contribution in [2.75, 3.05) is 27.7 Å². The summed E-state index contributed by atoms with van der Waals surface area (Å²) in [7, 11) is 4.90. The zero-order chi connectivity index (χ0) is 38.1. The molecule has 2 amide bonds. The van der Waals surface area contributed by atoms with Crippen molar-refractivity contribution < 1.29 is 53.6 Å². The molecule has 0 aromatic carbocycles. The number of likely N-dealkylation sites (N-methyl/N-ethyl adjacent to an activating group) is 2. The van der Waals surface area contributed by atoms with Crippen LogP contribution in [0.4, 0.5) is 0 Å². The summed E-state index contributed by atoms with van der Waals surface area (Å²) in [5, 5.41) is 43.7. The molecule has 0 aromatic heterocycles. The lowest BCUT2D eigenvalue weighted by atomic mass is 9.80. The summed E-state index contributed by atoms with van der Waals surface area (Å²) in [6.07, 6.45) is -6.29. The van der Waals surface area contributed by atoms with Gasteiger partial charge in [0.25, 0.3) is 5.91 Å². The van der Waals surface area contributed by atoms with E-state index in [1.807, 2.05) is 0 Å². The van der Waals surface area contributed by atoms with Gasteiger partial charge in [-0.15, -0.1) is 10.1 Å². The van der Waals surface area contributed by atoms with E-state index in [1.54, 1.807) is 46.7 Å². The second-order valence-corrected chi connectivity index (χ2v) is 13.4. The average molecular weight is 701 g/mol. The topological polar surface area (TPSA) is 249 Å². The Bertz CT molecular complexity index is 1290. The van der Waals surface area contributed by atoms with Crippen LogP contribution in [0.15, 0.2) is 16.6 Å². The predicted octanol–water partition coefficient (Wildman–Crippen LogP) is 1.08. The minimum absolute atomic E-state index is 0.0806. The van der Waals surface area contributed by atoms with Crippen LogP contribution >= 0.6 is 0 Å². The number of nitroso groups, excluding NO2 is 1. The van der Waals surface area contributed by atoms with E-state index < -0.39 is 102 Å². The number of ether oxygens (including phenoxy) is 3. The van der Waals surface area contributed by atoms with Gasteiger partial charge in [0, 0.05) is 14.0 Å². The fraction of sp³-hybridized carbons (Fsp3) is 0.742. The maximum absolute atomic E-state index is 13.9. The largest absolute Gasteiger partial charge is 0.509 e. The average Bonchev–Trinajstić information content (AvgIpc) is 3.18. The van der Waals surface area contributed by atoms with E-state index in [0.717, 1.165) is 11.8 Å². The molecule has 0 fully saturated rings. The third kappa shape index (κ3) is 11.5. The van der Waals surface area contributed by atoms with Crippen molar-refractivity contribution in [1.82, 2.24) is 20.3 Å². The summed E-state index contributed by atoms with van der Waals surface area (Å²) >= 11 is 0. The molecule has 5 N–H and O–H groups in total. The molecule has 0 saturated carbocycles. The molecule has 0 spiro atoms. The molecule has 0 unspecified atom stereocenters. The molecule has 7 atom stereocenters. The van der Waals surface area contributed by atoms with E-state index in [1.165, 1.54) is 27.8 Å². The predicted molar refractivity (Wildman–Crippen MR) is 174 cm³/mol. The molecule has 1 aliphatic rings. The summed E-state index contributed by atoms with van der Waals surface area (Å²) in [4.78, 5) is 79.4. The number of nitrogens with zero attached hydrogens (tertiary/aromatic N) is 4. The maximum Gasteiger partial charge on any atom is 0.316 e. The molecule has 1 rings (SSSR count). The smallest absolute Gasteiger partial charge is 0.316 e. The Labute approximate surface area is 286 Å². The van der Waals surface area contributed by atoms with Gasteiger partial charge >= 0.3 is 11.9 Å². The van der Waals surface area contributed by atoms with Gasteiger partial charge in [-0.2, -0.15) is 0 Å². The number of ketones is 1. The van der Waals surface area contributed by atoms with Crippen molar-refractivity contribution in [3.63, 3.8) is 0 Å². The van der Waals surface area contributed by atoms with Crippen molar-refractivity contribution in [1.29, 1.82) is 5.41 Å². The van der Waals surface area contributed by atoms with Gasteiger partial charge in [-0.3, -0.25) is 39.5 Å². The molecule has 0 radical (unpaired) electrons. The number of hydroxylamine groups is 1. The van der Waals surface area contributed by atoms with Crippen LogP contribution in [0.5, 0.6) is 0 Å². The SMILES string of the molecule is CC(=O)O[C@@H]([C@H](C[C@@H](O)CN(O)N=O)NC(=O)C[C@@H](C)OC(=N)[C@H](C)N(C)C)C(C)(C)C(=O)O[C@H](C(=O)C1=C(O)[C@H](C)N(C)C1=O)C(C)C. The summed E-state index contributed by atoms with van der Waals surface area (Å²) < 4.78 is 16.7. The molecular weight excluding hydrogens is 648 g/mol. The summed E-state index contributed by atoms with van der Waals surface area (Å²) in [6.45, 7) is 10.9. The van der Waals surface area contributed by atoms with Crippen molar-refractivity contribution >= 4 is 35.4 Å². The van der Waals surface area contributed by atoms with Crippen LogP contribution in [0.2, 0.25) is 0 Å². The number of esters is 2. The fourth-order valence-electron chi connectivity index (χ4n) is 4.98. The van der Waals surface area contributed by atoms with Gasteiger partial charge in [-0.25, -0.2) is 0 Å². The van der Waals surface area contributed by atoms with E-state index in [2.05, 4.69) is 10.6 Å². The molecular formula is C31H52N6O12. The van der Waals surface area contributed by atoms with Crippen molar-refractivity contribution in [3.8, 4) is 0 Å². The Balaban J connectivity index is 3.47. The highest BCUT2D eigenvalue weighted by Gasteiger charge is 2.49. The summed E-state index contributed by atoms with van der Waals surface area (Å²) in [5.41, 5.74) is -2.38. The second-order valence-electron chi connectivity index (χ2n) is 13.4. The number of carbonyl (C=O) groups is 5. The Hall–Kier alpha value is -4.16. The van der Waals surface area contributed by atoms with Crippen molar-refractivity contribution in [3.05, 3.63) is 16.2 Å². The number of hydrogen-bond donors (Lipinski definition) is 5.